The molecule has 0 aliphatic rings. The van der Waals surface area contributed by atoms with E-state index in [1.807, 2.05) is 0 Å². The SMILES string of the molecule is CCC(C)(C)[N+](C(C)(C)CC)(C(C)(C)CC)C(C)(C)CC.[Br-]. The topological polar surface area (TPSA) is 0 Å². The molecule has 0 aliphatic heterocycles. The molecule has 0 aromatic heterocycles. The fourth-order valence-electron chi connectivity index (χ4n) is 5.86. The lowest BCUT2D eigenvalue weighted by molar-refractivity contribution is -1.09. The maximum absolute atomic E-state index is 2.50. The van der Waals surface area contributed by atoms with E-state index < -0.39 is 0 Å². The number of rotatable bonds is 8. The van der Waals surface area contributed by atoms with Crippen molar-refractivity contribution in [2.45, 2.75) is 131 Å². The summed E-state index contributed by atoms with van der Waals surface area (Å²) in [6.07, 6.45) is 4.85. The zero-order valence-corrected chi connectivity index (χ0v) is 19.2. The molecule has 0 spiro atoms. The Labute approximate surface area is 152 Å². The molecule has 0 heterocycles. The molecule has 0 aromatic rings. The van der Waals surface area contributed by atoms with E-state index in [9.17, 15) is 0 Å². The van der Waals surface area contributed by atoms with Crippen molar-refractivity contribution in [2.24, 2.45) is 0 Å². The lowest BCUT2D eigenvalue weighted by Gasteiger charge is -2.72. The summed E-state index contributed by atoms with van der Waals surface area (Å²) in [5.41, 5.74) is 0.994. The van der Waals surface area contributed by atoms with Gasteiger partial charge in [-0.05, 0) is 81.1 Å². The van der Waals surface area contributed by atoms with E-state index >= 15 is 0 Å². The van der Waals surface area contributed by atoms with E-state index in [0.29, 0.717) is 0 Å². The first-order valence-corrected chi connectivity index (χ1v) is 9.14. The Bertz CT molecular complexity index is 270. The summed E-state index contributed by atoms with van der Waals surface area (Å²) in [5, 5.41) is 0. The van der Waals surface area contributed by atoms with Gasteiger partial charge in [0.15, 0.2) is 0 Å². The average molecular weight is 378 g/mol. The second-order valence-electron chi connectivity index (χ2n) is 9.33. The average Bonchev–Trinajstić information content (AvgIpc) is 2.37. The van der Waals surface area contributed by atoms with Gasteiger partial charge in [-0.1, -0.05) is 27.7 Å². The number of nitrogens with zero attached hydrogens (tertiary/aromatic N) is 1. The lowest BCUT2D eigenvalue weighted by Crippen LogP contribution is -3.00. The van der Waals surface area contributed by atoms with Gasteiger partial charge in [-0.15, -0.1) is 0 Å². The first-order chi connectivity index (χ1) is 9.24. The lowest BCUT2D eigenvalue weighted by atomic mass is 9.69. The van der Waals surface area contributed by atoms with Gasteiger partial charge in [0.25, 0.3) is 0 Å². The fraction of sp³-hybridized carbons (Fsp3) is 1.00. The molecular formula is C20H44BrN. The van der Waals surface area contributed by atoms with Crippen LogP contribution in [0.1, 0.15) is 109 Å². The molecule has 0 atom stereocenters. The van der Waals surface area contributed by atoms with Gasteiger partial charge in [0, 0.05) is 0 Å². The van der Waals surface area contributed by atoms with Gasteiger partial charge in [-0.3, -0.25) is 0 Å². The van der Waals surface area contributed by atoms with Gasteiger partial charge < -0.3 is 21.5 Å². The molecule has 22 heavy (non-hydrogen) atoms. The minimum atomic E-state index is 0. The maximum Gasteiger partial charge on any atom is 0.0944 e. The van der Waals surface area contributed by atoms with Crippen LogP contribution in [0.3, 0.4) is 0 Å². The predicted molar refractivity (Wildman–Crippen MR) is 97.7 cm³/mol. The van der Waals surface area contributed by atoms with Crippen LogP contribution in [0.15, 0.2) is 0 Å². The summed E-state index contributed by atoms with van der Waals surface area (Å²) < 4.78 is 1.18. The smallest absolute Gasteiger partial charge is 0.0944 e. The number of halogens is 1. The van der Waals surface area contributed by atoms with Crippen molar-refractivity contribution >= 4 is 0 Å². The highest BCUT2D eigenvalue weighted by Gasteiger charge is 2.65. The minimum absolute atomic E-state index is 0. The molecule has 1 nitrogen and oxygen atoms in total. The third kappa shape index (κ3) is 3.29. The van der Waals surface area contributed by atoms with Crippen molar-refractivity contribution in [2.75, 3.05) is 0 Å². The first-order valence-electron chi connectivity index (χ1n) is 9.14. The van der Waals surface area contributed by atoms with Crippen molar-refractivity contribution in [1.82, 2.24) is 0 Å². The van der Waals surface area contributed by atoms with Crippen LogP contribution >= 0.6 is 0 Å². The normalized spacial score (nSPS) is 14.7. The van der Waals surface area contributed by atoms with Crippen molar-refractivity contribution in [3.8, 4) is 0 Å². The quantitative estimate of drug-likeness (QED) is 0.567. The Hall–Kier alpha value is 0.440. The molecule has 0 bridgehead atoms. The zero-order valence-electron chi connectivity index (χ0n) is 17.7. The highest BCUT2D eigenvalue weighted by molar-refractivity contribution is 4.93. The third-order valence-corrected chi connectivity index (χ3v) is 7.09. The fourth-order valence-corrected chi connectivity index (χ4v) is 5.86. The Morgan fingerprint density at radius 2 is 0.591 bits per heavy atom. The molecule has 0 radical (unpaired) electrons. The summed E-state index contributed by atoms with van der Waals surface area (Å²) in [4.78, 5) is 0. The molecule has 136 valence electrons. The highest BCUT2D eigenvalue weighted by Crippen LogP contribution is 2.54. The van der Waals surface area contributed by atoms with Crippen LogP contribution in [0.5, 0.6) is 0 Å². The van der Waals surface area contributed by atoms with Crippen LogP contribution < -0.4 is 17.0 Å². The summed E-state index contributed by atoms with van der Waals surface area (Å²) in [5.74, 6) is 0. The molecule has 0 amide bonds. The molecular weight excluding hydrogens is 334 g/mol. The summed E-state index contributed by atoms with van der Waals surface area (Å²) in [6, 6.07) is 0. The van der Waals surface area contributed by atoms with E-state index in [1.54, 1.807) is 0 Å². The molecule has 0 aliphatic carbocycles. The largest absolute Gasteiger partial charge is 1.00 e. The zero-order chi connectivity index (χ0) is 17.3. The van der Waals surface area contributed by atoms with Gasteiger partial charge >= 0.3 is 0 Å². The molecule has 0 unspecified atom stereocenters. The molecule has 0 saturated carbocycles. The van der Waals surface area contributed by atoms with Gasteiger partial charge in [-0.25, -0.2) is 0 Å². The Balaban J connectivity index is 0. The van der Waals surface area contributed by atoms with Crippen LogP contribution in [-0.4, -0.2) is 26.6 Å². The van der Waals surface area contributed by atoms with Gasteiger partial charge in [-0.2, -0.15) is 0 Å². The van der Waals surface area contributed by atoms with Gasteiger partial charge in [0.05, 0.1) is 22.2 Å². The molecule has 0 fully saturated rings. The van der Waals surface area contributed by atoms with Crippen LogP contribution in [0.2, 0.25) is 0 Å². The van der Waals surface area contributed by atoms with Crippen LogP contribution in [0.25, 0.3) is 0 Å². The van der Waals surface area contributed by atoms with Gasteiger partial charge in [0.2, 0.25) is 0 Å². The Kier molecular flexibility index (Phi) is 8.48. The second kappa shape index (κ2) is 7.55. The number of quaternary nitrogens is 1. The molecule has 0 aromatic carbocycles. The summed E-state index contributed by atoms with van der Waals surface area (Å²) in [6.45, 7) is 29.5. The Morgan fingerprint density at radius 3 is 0.682 bits per heavy atom. The number of hydrogen-bond acceptors (Lipinski definition) is 0. The summed E-state index contributed by atoms with van der Waals surface area (Å²) in [7, 11) is 0. The van der Waals surface area contributed by atoms with E-state index in [0.717, 1.165) is 0 Å². The molecule has 0 saturated heterocycles. The van der Waals surface area contributed by atoms with Gasteiger partial charge in [0.1, 0.15) is 0 Å². The minimum Gasteiger partial charge on any atom is -1.00 e. The predicted octanol–water partition coefficient (Wildman–Crippen LogP) is 3.56. The van der Waals surface area contributed by atoms with E-state index in [4.69, 9.17) is 0 Å². The van der Waals surface area contributed by atoms with Crippen LogP contribution in [-0.2, 0) is 0 Å². The second-order valence-corrected chi connectivity index (χ2v) is 9.33. The van der Waals surface area contributed by atoms with Crippen LogP contribution in [0, 0.1) is 0 Å². The summed E-state index contributed by atoms with van der Waals surface area (Å²) >= 11 is 0. The van der Waals surface area contributed by atoms with E-state index in [2.05, 4.69) is 83.1 Å². The monoisotopic (exact) mass is 377 g/mol. The maximum atomic E-state index is 2.50. The van der Waals surface area contributed by atoms with Crippen molar-refractivity contribution in [1.29, 1.82) is 0 Å². The van der Waals surface area contributed by atoms with E-state index in [1.165, 1.54) is 30.2 Å². The molecule has 0 rings (SSSR count). The Morgan fingerprint density at radius 1 is 0.455 bits per heavy atom. The van der Waals surface area contributed by atoms with Crippen molar-refractivity contribution in [3.63, 3.8) is 0 Å². The number of hydrogen-bond donors (Lipinski definition) is 0. The first kappa shape index (κ1) is 24.7. The van der Waals surface area contributed by atoms with Crippen molar-refractivity contribution < 1.29 is 21.5 Å². The highest BCUT2D eigenvalue weighted by atomic mass is 79.9. The van der Waals surface area contributed by atoms with Crippen molar-refractivity contribution in [3.05, 3.63) is 0 Å². The standard InChI is InChI=1S/C20H44N.BrH/c1-13-17(5,6)21(18(7,8)14-2,19(9,10)15-3)20(11,12)16-4;/h13-16H2,1-12H3;1H/q+1;/p-1. The van der Waals surface area contributed by atoms with E-state index in [-0.39, 0.29) is 39.1 Å². The third-order valence-electron chi connectivity index (χ3n) is 7.09. The molecule has 0 N–H and O–H groups in total. The molecule has 2 heteroatoms. The van der Waals surface area contributed by atoms with Crippen LogP contribution in [0.4, 0.5) is 0 Å².